The first-order valence-electron chi connectivity index (χ1n) is 8.87. The molecule has 3 aromatic carbocycles. The van der Waals surface area contributed by atoms with Crippen LogP contribution >= 0.6 is 11.6 Å². The van der Waals surface area contributed by atoms with Gasteiger partial charge in [-0.1, -0.05) is 35.9 Å². The van der Waals surface area contributed by atoms with Crippen LogP contribution in [0.2, 0.25) is 5.02 Å². The summed E-state index contributed by atoms with van der Waals surface area (Å²) >= 11 is 6.00. The van der Waals surface area contributed by atoms with Crippen molar-refractivity contribution in [3.63, 3.8) is 0 Å². The maximum absolute atomic E-state index is 13.4. The molecule has 29 heavy (non-hydrogen) atoms. The molecule has 1 amide bonds. The van der Waals surface area contributed by atoms with Gasteiger partial charge in [0.25, 0.3) is 5.91 Å². The van der Waals surface area contributed by atoms with Crippen molar-refractivity contribution < 1.29 is 9.18 Å². The summed E-state index contributed by atoms with van der Waals surface area (Å²) in [5.74, 6) is -0.496. The Morgan fingerprint density at radius 3 is 2.52 bits per heavy atom. The van der Waals surface area contributed by atoms with E-state index in [4.69, 9.17) is 11.6 Å². The molecule has 0 radical (unpaired) electrons. The normalized spacial score (nSPS) is 10.7. The highest BCUT2D eigenvalue weighted by Gasteiger charge is 2.20. The Balaban J connectivity index is 1.78. The van der Waals surface area contributed by atoms with Crippen LogP contribution in [0.25, 0.3) is 17.1 Å². The fourth-order valence-electron chi connectivity index (χ4n) is 2.92. The number of anilines is 1. The topological polar surface area (TPSA) is 59.8 Å². The van der Waals surface area contributed by atoms with Gasteiger partial charge in [-0.3, -0.25) is 4.79 Å². The van der Waals surface area contributed by atoms with E-state index in [0.717, 1.165) is 16.8 Å². The number of carbonyl (C=O) groups excluding carboxylic acids is 1. The lowest BCUT2D eigenvalue weighted by atomic mass is 10.2. The Labute approximate surface area is 171 Å². The third-order valence-electron chi connectivity index (χ3n) is 4.34. The van der Waals surface area contributed by atoms with Crippen LogP contribution in [0.4, 0.5) is 10.1 Å². The molecular weight excluding hydrogens is 391 g/mol. The zero-order valence-electron chi connectivity index (χ0n) is 15.4. The van der Waals surface area contributed by atoms with Crippen LogP contribution in [0, 0.1) is 12.7 Å². The quantitative estimate of drug-likeness (QED) is 0.501. The summed E-state index contributed by atoms with van der Waals surface area (Å²) < 4.78 is 15.0. The van der Waals surface area contributed by atoms with E-state index in [9.17, 15) is 9.18 Å². The number of halogens is 2. The second-order valence-electron chi connectivity index (χ2n) is 6.43. The van der Waals surface area contributed by atoms with E-state index in [2.05, 4.69) is 15.4 Å². The molecule has 0 aliphatic carbocycles. The average Bonchev–Trinajstić information content (AvgIpc) is 3.14. The number of carbonyl (C=O) groups is 1. The van der Waals surface area contributed by atoms with Crippen molar-refractivity contribution in [2.75, 3.05) is 5.32 Å². The van der Waals surface area contributed by atoms with Crippen LogP contribution in [0.15, 0.2) is 72.8 Å². The lowest BCUT2D eigenvalue weighted by Crippen LogP contribution is -2.14. The van der Waals surface area contributed by atoms with E-state index < -0.39 is 11.7 Å². The monoisotopic (exact) mass is 406 g/mol. The highest BCUT2D eigenvalue weighted by atomic mass is 35.5. The van der Waals surface area contributed by atoms with Crippen molar-refractivity contribution in [2.24, 2.45) is 0 Å². The van der Waals surface area contributed by atoms with Gasteiger partial charge in [-0.25, -0.2) is 14.1 Å². The van der Waals surface area contributed by atoms with Gasteiger partial charge in [0.15, 0.2) is 5.82 Å². The highest BCUT2D eigenvalue weighted by Crippen LogP contribution is 2.25. The summed E-state index contributed by atoms with van der Waals surface area (Å²) in [4.78, 5) is 17.1. The Kier molecular flexibility index (Phi) is 5.10. The number of hydrogen-bond acceptors (Lipinski definition) is 3. The molecule has 0 aliphatic heterocycles. The zero-order valence-corrected chi connectivity index (χ0v) is 16.2. The summed E-state index contributed by atoms with van der Waals surface area (Å²) in [5.41, 5.74) is 2.87. The van der Waals surface area contributed by atoms with Gasteiger partial charge in [-0.15, -0.1) is 5.10 Å². The molecule has 0 saturated heterocycles. The van der Waals surface area contributed by atoms with Crippen molar-refractivity contribution in [2.45, 2.75) is 6.92 Å². The molecule has 7 heteroatoms. The second kappa shape index (κ2) is 7.85. The summed E-state index contributed by atoms with van der Waals surface area (Å²) in [6.45, 7) is 1.95. The highest BCUT2D eigenvalue weighted by molar-refractivity contribution is 6.30. The first-order chi connectivity index (χ1) is 14.0. The molecule has 4 aromatic rings. The number of amides is 1. The Hall–Kier alpha value is -3.51. The minimum absolute atomic E-state index is 0.0255. The Morgan fingerprint density at radius 2 is 1.79 bits per heavy atom. The van der Waals surface area contributed by atoms with Gasteiger partial charge in [0, 0.05) is 16.3 Å². The van der Waals surface area contributed by atoms with E-state index in [1.165, 1.54) is 18.2 Å². The van der Waals surface area contributed by atoms with E-state index in [1.807, 2.05) is 43.3 Å². The predicted molar refractivity (Wildman–Crippen MR) is 111 cm³/mol. The largest absolute Gasteiger partial charge is 0.319 e. The Bertz CT molecular complexity index is 1190. The molecule has 0 fully saturated rings. The van der Waals surface area contributed by atoms with Crippen LogP contribution in [0.5, 0.6) is 0 Å². The van der Waals surface area contributed by atoms with Crippen molar-refractivity contribution >= 4 is 23.2 Å². The van der Waals surface area contributed by atoms with Crippen LogP contribution in [0.1, 0.15) is 16.2 Å². The fraction of sp³-hybridized carbons (Fsp3) is 0.0455. The number of aromatic nitrogens is 3. The van der Waals surface area contributed by atoms with Gasteiger partial charge in [0.2, 0.25) is 5.82 Å². The molecule has 0 spiro atoms. The third kappa shape index (κ3) is 4.02. The minimum atomic E-state index is -0.529. The van der Waals surface area contributed by atoms with Crippen LogP contribution < -0.4 is 5.32 Å². The van der Waals surface area contributed by atoms with Gasteiger partial charge >= 0.3 is 0 Å². The van der Waals surface area contributed by atoms with Crippen molar-refractivity contribution in [3.05, 3.63) is 95.0 Å². The maximum atomic E-state index is 13.4. The molecule has 0 saturated carbocycles. The summed E-state index contributed by atoms with van der Waals surface area (Å²) in [6, 6.07) is 20.5. The van der Waals surface area contributed by atoms with Crippen molar-refractivity contribution in [1.29, 1.82) is 0 Å². The van der Waals surface area contributed by atoms with Gasteiger partial charge < -0.3 is 5.32 Å². The lowest BCUT2D eigenvalue weighted by Gasteiger charge is -2.08. The second-order valence-corrected chi connectivity index (χ2v) is 6.87. The summed E-state index contributed by atoms with van der Waals surface area (Å²) in [6.07, 6.45) is 0. The molecule has 0 atom stereocenters. The van der Waals surface area contributed by atoms with Gasteiger partial charge in [-0.05, 0) is 61.0 Å². The Morgan fingerprint density at radius 1 is 1.03 bits per heavy atom. The van der Waals surface area contributed by atoms with Gasteiger partial charge in [0.05, 0.1) is 5.69 Å². The molecule has 5 nitrogen and oxygen atoms in total. The number of benzene rings is 3. The third-order valence-corrected chi connectivity index (χ3v) is 4.59. The fourth-order valence-corrected chi connectivity index (χ4v) is 3.04. The molecule has 0 aliphatic rings. The van der Waals surface area contributed by atoms with E-state index in [-0.39, 0.29) is 5.82 Å². The molecule has 1 N–H and O–H groups in total. The average molecular weight is 407 g/mol. The number of nitrogens with zero attached hydrogens (tertiary/aromatic N) is 3. The zero-order chi connectivity index (χ0) is 20.4. The molecule has 0 unspecified atom stereocenters. The molecule has 144 valence electrons. The molecule has 1 aromatic heterocycles. The van der Waals surface area contributed by atoms with Crippen LogP contribution in [0.3, 0.4) is 0 Å². The predicted octanol–water partition coefficient (Wildman–Crippen LogP) is 5.29. The minimum Gasteiger partial charge on any atom is -0.319 e. The smallest absolute Gasteiger partial charge is 0.295 e. The standard InChI is InChI=1S/C22H16ClFN4O/c1-14-5-2-3-8-19(14)28-21(15-9-11-16(23)12-10-15)26-20(27-28)22(29)25-18-7-4-6-17(24)13-18/h2-13H,1H3,(H,25,29). The number of hydrogen-bond donors (Lipinski definition) is 1. The first-order valence-corrected chi connectivity index (χ1v) is 9.25. The SMILES string of the molecule is Cc1ccccc1-n1nc(C(=O)Nc2cccc(F)c2)nc1-c1ccc(Cl)cc1. The van der Waals surface area contributed by atoms with Crippen LogP contribution in [-0.4, -0.2) is 20.7 Å². The molecule has 1 heterocycles. The number of rotatable bonds is 4. The number of nitrogens with one attached hydrogen (secondary N) is 1. The lowest BCUT2D eigenvalue weighted by molar-refractivity contribution is 0.101. The summed E-state index contributed by atoms with van der Waals surface area (Å²) in [5, 5.41) is 7.65. The first kappa shape index (κ1) is 18.8. The number of para-hydroxylation sites is 1. The van der Waals surface area contributed by atoms with Crippen LogP contribution in [-0.2, 0) is 0 Å². The van der Waals surface area contributed by atoms with Gasteiger partial charge in [-0.2, -0.15) is 0 Å². The van der Waals surface area contributed by atoms with E-state index in [0.29, 0.717) is 16.5 Å². The molecular formula is C22H16ClFN4O. The van der Waals surface area contributed by atoms with E-state index >= 15 is 0 Å². The summed E-state index contributed by atoms with van der Waals surface area (Å²) in [7, 11) is 0. The molecule has 0 bridgehead atoms. The van der Waals surface area contributed by atoms with Gasteiger partial charge in [0.1, 0.15) is 5.82 Å². The van der Waals surface area contributed by atoms with Crippen molar-refractivity contribution in [3.8, 4) is 17.1 Å². The maximum Gasteiger partial charge on any atom is 0.295 e. The number of aryl methyl sites for hydroxylation is 1. The van der Waals surface area contributed by atoms with E-state index in [1.54, 1.807) is 22.9 Å². The van der Waals surface area contributed by atoms with Crippen molar-refractivity contribution in [1.82, 2.24) is 14.8 Å². The molecule has 4 rings (SSSR count).